The van der Waals surface area contributed by atoms with Crippen molar-refractivity contribution in [3.8, 4) is 0 Å². The maximum atomic E-state index is 12.8. The number of nitrogens with one attached hydrogen (secondary N) is 1. The van der Waals surface area contributed by atoms with Crippen LogP contribution in [-0.2, 0) is 16.1 Å². The summed E-state index contributed by atoms with van der Waals surface area (Å²) in [6.07, 6.45) is 0. The molecule has 0 saturated carbocycles. The lowest BCUT2D eigenvalue weighted by atomic mass is 10.1. The lowest BCUT2D eigenvalue weighted by Crippen LogP contribution is -2.22. The molecule has 4 aromatic rings. The number of hydrogen-bond donors (Lipinski definition) is 1. The van der Waals surface area contributed by atoms with Crippen LogP contribution in [0.3, 0.4) is 0 Å². The molecule has 2 aromatic carbocycles. The maximum absolute atomic E-state index is 12.8. The van der Waals surface area contributed by atoms with Crippen molar-refractivity contribution in [2.24, 2.45) is 0 Å². The molecule has 1 unspecified atom stereocenters. The van der Waals surface area contributed by atoms with Gasteiger partial charge in [0.2, 0.25) is 5.91 Å². The number of esters is 1. The van der Waals surface area contributed by atoms with Crippen molar-refractivity contribution in [3.63, 3.8) is 0 Å². The van der Waals surface area contributed by atoms with Crippen LogP contribution in [0.25, 0.3) is 10.9 Å². The molecule has 168 valence electrons. The summed E-state index contributed by atoms with van der Waals surface area (Å²) in [5, 5.41) is 4.68. The van der Waals surface area contributed by atoms with Gasteiger partial charge < -0.3 is 10.1 Å². The number of hydrogen-bond acceptors (Lipinski definition) is 7. The number of thiazole rings is 1. The Kier molecular flexibility index (Phi) is 7.05. The Morgan fingerprint density at radius 1 is 1.06 bits per heavy atom. The van der Waals surface area contributed by atoms with Gasteiger partial charge in [0.1, 0.15) is 11.5 Å². The van der Waals surface area contributed by atoms with Gasteiger partial charge in [0.05, 0.1) is 21.5 Å². The molecule has 1 atom stereocenters. The standard InChI is InChI=1S/C25H23N3O3S2/c1-15-13-21(27-20-12-8-7-11-19(15)20)32-17(3)23(29)28-25-26-16(2)22(33-25)24(30)31-14-18-9-5-4-6-10-18/h4-13,17H,14H2,1-3H3,(H,26,28,29). The number of fused-ring (bicyclic) bond motifs is 1. The van der Waals surface area contributed by atoms with Gasteiger partial charge in [-0.15, -0.1) is 0 Å². The van der Waals surface area contributed by atoms with Crippen molar-refractivity contribution in [2.45, 2.75) is 37.7 Å². The molecule has 2 heterocycles. The van der Waals surface area contributed by atoms with E-state index in [9.17, 15) is 9.59 Å². The fourth-order valence-electron chi connectivity index (χ4n) is 3.25. The monoisotopic (exact) mass is 477 g/mol. The van der Waals surface area contributed by atoms with Crippen LogP contribution >= 0.6 is 23.1 Å². The normalized spacial score (nSPS) is 11.8. The molecule has 33 heavy (non-hydrogen) atoms. The quantitative estimate of drug-likeness (QED) is 0.268. The minimum atomic E-state index is -0.451. The molecule has 0 fully saturated rings. The van der Waals surface area contributed by atoms with Gasteiger partial charge in [0, 0.05) is 5.39 Å². The first-order valence-corrected chi connectivity index (χ1v) is 12.1. The zero-order valence-corrected chi connectivity index (χ0v) is 20.1. The summed E-state index contributed by atoms with van der Waals surface area (Å²) >= 11 is 2.50. The predicted molar refractivity (Wildman–Crippen MR) is 133 cm³/mol. The molecule has 0 aliphatic rings. The van der Waals surface area contributed by atoms with Gasteiger partial charge in [-0.1, -0.05) is 71.6 Å². The van der Waals surface area contributed by atoms with Crippen LogP contribution in [0.2, 0.25) is 0 Å². The third-order valence-corrected chi connectivity index (χ3v) is 7.06. The zero-order valence-electron chi connectivity index (χ0n) is 18.5. The number of aryl methyl sites for hydroxylation is 2. The molecular formula is C25H23N3O3S2. The first-order chi connectivity index (χ1) is 15.9. The SMILES string of the molecule is Cc1nc(NC(=O)C(C)Sc2cc(C)c3ccccc3n2)sc1C(=O)OCc1ccccc1. The molecule has 0 aliphatic heterocycles. The van der Waals surface area contributed by atoms with E-state index in [2.05, 4.69) is 15.3 Å². The molecule has 0 bridgehead atoms. The van der Waals surface area contributed by atoms with Crippen LogP contribution in [0.15, 0.2) is 65.7 Å². The molecule has 4 rings (SSSR count). The molecule has 1 amide bonds. The molecule has 8 heteroatoms. The minimum Gasteiger partial charge on any atom is -0.457 e. The van der Waals surface area contributed by atoms with E-state index in [0.717, 1.165) is 38.4 Å². The summed E-state index contributed by atoms with van der Waals surface area (Å²) in [5.41, 5.74) is 3.46. The fourth-order valence-corrected chi connectivity index (χ4v) is 5.04. The highest BCUT2D eigenvalue weighted by atomic mass is 32.2. The molecule has 1 N–H and O–H groups in total. The molecule has 6 nitrogen and oxygen atoms in total. The highest BCUT2D eigenvalue weighted by Gasteiger charge is 2.21. The van der Waals surface area contributed by atoms with E-state index in [1.807, 2.05) is 74.5 Å². The van der Waals surface area contributed by atoms with Gasteiger partial charge in [-0.3, -0.25) is 4.79 Å². The summed E-state index contributed by atoms with van der Waals surface area (Å²) < 4.78 is 5.39. The molecule has 0 radical (unpaired) electrons. The highest BCUT2D eigenvalue weighted by Crippen LogP contribution is 2.28. The second-order valence-corrected chi connectivity index (χ2v) is 9.90. The first-order valence-electron chi connectivity index (χ1n) is 10.4. The number of amides is 1. The van der Waals surface area contributed by atoms with Crippen LogP contribution in [0.1, 0.15) is 33.4 Å². The fraction of sp³-hybridized carbons (Fsp3) is 0.200. The number of benzene rings is 2. The average molecular weight is 478 g/mol. The lowest BCUT2D eigenvalue weighted by Gasteiger charge is -2.11. The second-order valence-electron chi connectivity index (χ2n) is 7.54. The number of para-hydroxylation sites is 1. The van der Waals surface area contributed by atoms with Gasteiger partial charge in [-0.2, -0.15) is 0 Å². The Hall–Kier alpha value is -3.23. The van der Waals surface area contributed by atoms with Crippen LogP contribution in [-0.4, -0.2) is 27.1 Å². The van der Waals surface area contributed by atoms with E-state index in [1.54, 1.807) is 6.92 Å². The van der Waals surface area contributed by atoms with Crippen molar-refractivity contribution < 1.29 is 14.3 Å². The predicted octanol–water partition coefficient (Wildman–Crippen LogP) is 5.78. The number of anilines is 1. The molecule has 2 aromatic heterocycles. The smallest absolute Gasteiger partial charge is 0.350 e. The topological polar surface area (TPSA) is 81.2 Å². The summed E-state index contributed by atoms with van der Waals surface area (Å²) in [6.45, 7) is 5.77. The van der Waals surface area contributed by atoms with Gasteiger partial charge >= 0.3 is 5.97 Å². The number of carbonyl (C=O) groups is 2. The first kappa shape index (κ1) is 22.9. The van der Waals surface area contributed by atoms with Crippen molar-refractivity contribution >= 4 is 51.0 Å². The number of rotatable bonds is 7. The molecule has 0 saturated heterocycles. The third-order valence-electron chi connectivity index (χ3n) is 4.99. The Labute approximate surface area is 200 Å². The number of aromatic nitrogens is 2. The van der Waals surface area contributed by atoms with Crippen LogP contribution in [0.5, 0.6) is 0 Å². The number of pyridine rings is 1. The van der Waals surface area contributed by atoms with Crippen molar-refractivity contribution in [1.29, 1.82) is 0 Å². The van der Waals surface area contributed by atoms with E-state index < -0.39 is 11.2 Å². The largest absolute Gasteiger partial charge is 0.457 e. The molecule has 0 spiro atoms. The second kappa shape index (κ2) is 10.1. The molecule has 0 aliphatic carbocycles. The Balaban J connectivity index is 1.38. The lowest BCUT2D eigenvalue weighted by molar-refractivity contribution is -0.115. The van der Waals surface area contributed by atoms with Crippen LogP contribution in [0, 0.1) is 13.8 Å². The third kappa shape index (κ3) is 5.58. The van der Waals surface area contributed by atoms with Gasteiger partial charge in [-0.25, -0.2) is 14.8 Å². The van der Waals surface area contributed by atoms with E-state index in [-0.39, 0.29) is 12.5 Å². The summed E-state index contributed by atoms with van der Waals surface area (Å²) in [4.78, 5) is 34.6. The van der Waals surface area contributed by atoms with E-state index in [1.165, 1.54) is 11.8 Å². The average Bonchev–Trinajstić information content (AvgIpc) is 3.18. The maximum Gasteiger partial charge on any atom is 0.350 e. The Bertz CT molecular complexity index is 1310. The Morgan fingerprint density at radius 2 is 1.79 bits per heavy atom. The summed E-state index contributed by atoms with van der Waals surface area (Å²) in [6, 6.07) is 19.4. The molecular weight excluding hydrogens is 454 g/mol. The van der Waals surface area contributed by atoms with Crippen molar-refractivity contribution in [1.82, 2.24) is 9.97 Å². The number of nitrogens with zero attached hydrogens (tertiary/aromatic N) is 2. The van der Waals surface area contributed by atoms with E-state index >= 15 is 0 Å². The van der Waals surface area contributed by atoms with Gasteiger partial charge in [0.15, 0.2) is 5.13 Å². The zero-order chi connectivity index (χ0) is 23.4. The highest BCUT2D eigenvalue weighted by molar-refractivity contribution is 8.00. The number of ether oxygens (including phenoxy) is 1. The van der Waals surface area contributed by atoms with E-state index in [4.69, 9.17) is 4.74 Å². The van der Waals surface area contributed by atoms with Crippen molar-refractivity contribution in [3.05, 3.63) is 82.4 Å². The minimum absolute atomic E-state index is 0.185. The van der Waals surface area contributed by atoms with Crippen LogP contribution < -0.4 is 5.32 Å². The number of carbonyl (C=O) groups excluding carboxylic acids is 2. The number of thioether (sulfide) groups is 1. The van der Waals surface area contributed by atoms with Crippen LogP contribution in [0.4, 0.5) is 5.13 Å². The van der Waals surface area contributed by atoms with Crippen molar-refractivity contribution in [2.75, 3.05) is 5.32 Å². The van der Waals surface area contributed by atoms with Gasteiger partial charge in [-0.05, 0) is 44.0 Å². The summed E-state index contributed by atoms with van der Waals surface area (Å²) in [5.74, 6) is -0.654. The van der Waals surface area contributed by atoms with Gasteiger partial charge in [0.25, 0.3) is 0 Å². The van der Waals surface area contributed by atoms with E-state index in [0.29, 0.717) is 15.7 Å². The summed E-state index contributed by atoms with van der Waals surface area (Å²) in [7, 11) is 0. The Morgan fingerprint density at radius 3 is 2.58 bits per heavy atom.